The molecular formula is C27H32N4O2. The highest BCUT2D eigenvalue weighted by Gasteiger charge is 2.34. The number of hydrogen-bond acceptors (Lipinski definition) is 5. The van der Waals surface area contributed by atoms with Crippen molar-refractivity contribution in [2.45, 2.75) is 64.5 Å². The van der Waals surface area contributed by atoms with Crippen LogP contribution in [-0.4, -0.2) is 28.7 Å². The van der Waals surface area contributed by atoms with Gasteiger partial charge in [-0.2, -0.15) is 10.4 Å². The molecule has 0 saturated heterocycles. The van der Waals surface area contributed by atoms with E-state index in [1.54, 1.807) is 6.07 Å². The molecule has 3 heterocycles. The van der Waals surface area contributed by atoms with Crippen LogP contribution in [0.5, 0.6) is 11.6 Å². The van der Waals surface area contributed by atoms with Gasteiger partial charge in [0.2, 0.25) is 5.88 Å². The van der Waals surface area contributed by atoms with Gasteiger partial charge in [0.05, 0.1) is 23.9 Å². The van der Waals surface area contributed by atoms with Crippen LogP contribution in [0.2, 0.25) is 0 Å². The molecule has 4 atom stereocenters. The predicted molar refractivity (Wildman–Crippen MR) is 128 cm³/mol. The third-order valence-electron chi connectivity index (χ3n) is 7.25. The summed E-state index contributed by atoms with van der Waals surface area (Å²) in [6, 6.07) is 9.71. The van der Waals surface area contributed by atoms with Crippen molar-refractivity contribution in [2.24, 2.45) is 22.7 Å². The van der Waals surface area contributed by atoms with E-state index in [1.807, 2.05) is 29.1 Å². The highest BCUT2D eigenvalue weighted by Crippen LogP contribution is 2.44. The molecule has 172 valence electrons. The minimum absolute atomic E-state index is 0.139. The molecule has 1 saturated carbocycles. The molecule has 0 radical (unpaired) electrons. The molecule has 1 aliphatic carbocycles. The smallest absolute Gasteiger partial charge is 0.212 e. The molecule has 0 amide bonds. The number of rotatable bonds is 8. The number of nitriles is 1. The fraction of sp³-hybridized carbons (Fsp3) is 0.519. The number of benzene rings is 1. The number of aliphatic imine (C=N–C) groups is 1. The molecule has 5 rings (SSSR count). The van der Waals surface area contributed by atoms with E-state index >= 15 is 0 Å². The Morgan fingerprint density at radius 2 is 2.24 bits per heavy atom. The molecule has 33 heavy (non-hydrogen) atoms. The lowest BCUT2D eigenvalue weighted by Crippen LogP contribution is -2.26. The Kier molecular flexibility index (Phi) is 6.22. The standard InChI is InChI=1S/C27H32N4O2/c1-3-21-13-22(21)5-4-6-24-9-10-31-27(33-24)14-25(30-31)18(2)29-16-20-12-23-11-19(15-28)7-8-26(23)32-17-20/h7-8,11,14,16,20-22,24H,2-6,9-10,12-13,17H2,1H3/b29-16-/t20?,21?,22-,24?/m1/s1. The summed E-state index contributed by atoms with van der Waals surface area (Å²) in [5.41, 5.74) is 3.09. The van der Waals surface area contributed by atoms with Gasteiger partial charge in [-0.3, -0.25) is 4.99 Å². The molecule has 0 bridgehead atoms. The first-order chi connectivity index (χ1) is 16.1. The van der Waals surface area contributed by atoms with Crippen molar-refractivity contribution in [1.29, 1.82) is 5.26 Å². The number of fused-ring (bicyclic) bond motifs is 2. The Balaban J connectivity index is 1.14. The van der Waals surface area contributed by atoms with E-state index in [4.69, 9.17) is 14.7 Å². The lowest BCUT2D eigenvalue weighted by atomic mass is 9.96. The zero-order chi connectivity index (χ0) is 22.8. The van der Waals surface area contributed by atoms with Crippen LogP contribution in [0.15, 0.2) is 35.8 Å². The number of aryl methyl sites for hydroxylation is 1. The number of nitrogens with zero attached hydrogens (tertiary/aromatic N) is 4. The van der Waals surface area contributed by atoms with Crippen LogP contribution in [0.4, 0.5) is 0 Å². The average Bonchev–Trinajstić information content (AvgIpc) is 3.47. The van der Waals surface area contributed by atoms with Crippen molar-refractivity contribution in [1.82, 2.24) is 9.78 Å². The first-order valence-corrected chi connectivity index (χ1v) is 12.3. The topological polar surface area (TPSA) is 72.4 Å². The SMILES string of the molecule is C=C(/N=C\C1COc2ccc(C#N)cc2C1)c1cc2n(n1)CCC(CCC[C@@H]1CC1CC)O2. The van der Waals surface area contributed by atoms with Crippen molar-refractivity contribution in [3.63, 3.8) is 0 Å². The number of hydrogen-bond donors (Lipinski definition) is 0. The predicted octanol–water partition coefficient (Wildman–Crippen LogP) is 5.42. The Bertz CT molecular complexity index is 1100. The van der Waals surface area contributed by atoms with E-state index in [-0.39, 0.29) is 12.0 Å². The van der Waals surface area contributed by atoms with Crippen molar-refractivity contribution in [3.8, 4) is 17.7 Å². The second-order valence-electron chi connectivity index (χ2n) is 9.65. The summed E-state index contributed by atoms with van der Waals surface area (Å²) in [5.74, 6) is 3.77. The Morgan fingerprint density at radius 1 is 1.33 bits per heavy atom. The zero-order valence-electron chi connectivity index (χ0n) is 19.4. The summed E-state index contributed by atoms with van der Waals surface area (Å²) in [6.07, 6.45) is 10.5. The first-order valence-electron chi connectivity index (χ1n) is 12.3. The first kappa shape index (κ1) is 21.8. The van der Waals surface area contributed by atoms with Gasteiger partial charge in [0.25, 0.3) is 0 Å². The zero-order valence-corrected chi connectivity index (χ0v) is 19.4. The summed E-state index contributed by atoms with van der Waals surface area (Å²) < 4.78 is 14.0. The minimum Gasteiger partial charge on any atom is -0.493 e. The van der Waals surface area contributed by atoms with Gasteiger partial charge >= 0.3 is 0 Å². The van der Waals surface area contributed by atoms with Crippen LogP contribution in [0.25, 0.3) is 5.70 Å². The molecule has 3 unspecified atom stereocenters. The van der Waals surface area contributed by atoms with E-state index < -0.39 is 0 Å². The van der Waals surface area contributed by atoms with Crippen LogP contribution in [0.3, 0.4) is 0 Å². The summed E-state index contributed by atoms with van der Waals surface area (Å²) in [4.78, 5) is 4.59. The van der Waals surface area contributed by atoms with Gasteiger partial charge < -0.3 is 9.47 Å². The molecule has 3 aliphatic rings. The van der Waals surface area contributed by atoms with E-state index in [9.17, 15) is 0 Å². The third kappa shape index (κ3) is 4.98. The summed E-state index contributed by atoms with van der Waals surface area (Å²) in [7, 11) is 0. The van der Waals surface area contributed by atoms with Crippen LogP contribution in [-0.2, 0) is 13.0 Å². The van der Waals surface area contributed by atoms with Crippen LogP contribution >= 0.6 is 0 Å². The molecule has 2 aromatic rings. The fourth-order valence-electron chi connectivity index (χ4n) is 5.11. The molecular weight excluding hydrogens is 412 g/mol. The van der Waals surface area contributed by atoms with Gasteiger partial charge in [0.15, 0.2) is 0 Å². The molecule has 2 aliphatic heterocycles. The Labute approximate surface area is 195 Å². The average molecular weight is 445 g/mol. The Morgan fingerprint density at radius 3 is 3.06 bits per heavy atom. The van der Waals surface area contributed by atoms with Crippen LogP contribution in [0.1, 0.15) is 62.3 Å². The van der Waals surface area contributed by atoms with Gasteiger partial charge in [-0.25, -0.2) is 4.68 Å². The van der Waals surface area contributed by atoms with Crippen molar-refractivity contribution in [3.05, 3.63) is 47.7 Å². The summed E-state index contributed by atoms with van der Waals surface area (Å²) in [5, 5.41) is 13.8. The summed E-state index contributed by atoms with van der Waals surface area (Å²) >= 11 is 0. The van der Waals surface area contributed by atoms with Gasteiger partial charge in [-0.15, -0.1) is 0 Å². The number of aromatic nitrogens is 2. The van der Waals surface area contributed by atoms with Crippen LogP contribution < -0.4 is 9.47 Å². The monoisotopic (exact) mass is 444 g/mol. The third-order valence-corrected chi connectivity index (χ3v) is 7.25. The largest absolute Gasteiger partial charge is 0.493 e. The maximum absolute atomic E-state index is 9.13. The molecule has 0 N–H and O–H groups in total. The van der Waals surface area contributed by atoms with Crippen molar-refractivity contribution >= 4 is 11.9 Å². The lowest BCUT2D eigenvalue weighted by Gasteiger charge is -2.24. The molecule has 1 aromatic heterocycles. The van der Waals surface area contributed by atoms with Crippen molar-refractivity contribution < 1.29 is 9.47 Å². The van der Waals surface area contributed by atoms with Crippen LogP contribution in [0, 0.1) is 29.1 Å². The maximum atomic E-state index is 9.13. The minimum atomic E-state index is 0.139. The van der Waals surface area contributed by atoms with Crippen molar-refractivity contribution in [2.75, 3.05) is 6.61 Å². The molecule has 6 heteroatoms. The van der Waals surface area contributed by atoms with E-state index in [2.05, 4.69) is 29.7 Å². The van der Waals surface area contributed by atoms with E-state index in [1.165, 1.54) is 25.7 Å². The lowest BCUT2D eigenvalue weighted by molar-refractivity contribution is 0.122. The van der Waals surface area contributed by atoms with E-state index in [0.717, 1.165) is 60.5 Å². The molecule has 0 spiro atoms. The molecule has 6 nitrogen and oxygen atoms in total. The summed E-state index contributed by atoms with van der Waals surface area (Å²) in [6.45, 7) is 7.88. The second-order valence-corrected chi connectivity index (χ2v) is 9.65. The Hall–Kier alpha value is -3.07. The quantitative estimate of drug-likeness (QED) is 0.510. The van der Waals surface area contributed by atoms with Gasteiger partial charge in [0, 0.05) is 31.2 Å². The number of ether oxygens (including phenoxy) is 2. The molecule has 1 fully saturated rings. The van der Waals surface area contributed by atoms with Gasteiger partial charge in [-0.1, -0.05) is 26.3 Å². The molecule has 1 aromatic carbocycles. The highest BCUT2D eigenvalue weighted by atomic mass is 16.5. The second kappa shape index (κ2) is 9.43. The van der Waals surface area contributed by atoms with Gasteiger partial charge in [0.1, 0.15) is 17.5 Å². The fourth-order valence-corrected chi connectivity index (χ4v) is 5.11. The maximum Gasteiger partial charge on any atom is 0.212 e. The normalized spacial score (nSPS) is 25.5. The van der Waals surface area contributed by atoms with Gasteiger partial charge in [-0.05, 0) is 61.3 Å². The van der Waals surface area contributed by atoms with E-state index in [0.29, 0.717) is 17.9 Å². The highest BCUT2D eigenvalue weighted by molar-refractivity contribution is 5.73.